The predicted molar refractivity (Wildman–Crippen MR) is 73.6 cm³/mol. The summed E-state index contributed by atoms with van der Waals surface area (Å²) < 4.78 is 0. The van der Waals surface area contributed by atoms with Gasteiger partial charge in [-0.25, -0.2) is 9.59 Å². The minimum absolute atomic E-state index is 0.174. The molecule has 0 aromatic heterocycles. The second kappa shape index (κ2) is 5.57. The molecule has 2 rings (SSSR count). The predicted octanol–water partition coefficient (Wildman–Crippen LogP) is 1.73. The van der Waals surface area contributed by atoms with E-state index >= 15 is 0 Å². The highest BCUT2D eigenvalue weighted by atomic mass is 16.4. The van der Waals surface area contributed by atoms with Crippen molar-refractivity contribution in [2.24, 2.45) is 0 Å². The topological polar surface area (TPSA) is 132 Å². The largest absolute Gasteiger partial charge is 0.507 e. The lowest BCUT2D eigenvalue weighted by Crippen LogP contribution is -2.15. The van der Waals surface area contributed by atoms with E-state index in [1.165, 1.54) is 24.3 Å². The highest BCUT2D eigenvalue weighted by molar-refractivity contribution is 6.18. The van der Waals surface area contributed by atoms with Gasteiger partial charge >= 0.3 is 11.9 Å². The number of carbonyl (C=O) groups excluding carboxylic acids is 1. The zero-order chi connectivity index (χ0) is 16.4. The Morgan fingerprint density at radius 2 is 1.27 bits per heavy atom. The summed E-state index contributed by atoms with van der Waals surface area (Å²) in [5.41, 5.74) is -2.33. The van der Waals surface area contributed by atoms with E-state index in [1.54, 1.807) is 0 Å². The molecule has 7 nitrogen and oxygen atoms in total. The van der Waals surface area contributed by atoms with E-state index < -0.39 is 40.2 Å². The monoisotopic (exact) mass is 302 g/mol. The molecule has 0 aliphatic heterocycles. The van der Waals surface area contributed by atoms with Gasteiger partial charge in [-0.15, -0.1) is 0 Å². The van der Waals surface area contributed by atoms with Gasteiger partial charge in [0.25, 0.3) is 0 Å². The van der Waals surface area contributed by atoms with Gasteiger partial charge < -0.3 is 20.4 Å². The standard InChI is InChI=1S/C15H10O7/c16-9-4-2-1-3-7(9)13(18)8-5-6-10(17)12(15(21)22)11(8)14(19)20/h1-6,16-17H,(H,19,20)(H,21,22). The van der Waals surface area contributed by atoms with Crippen molar-refractivity contribution < 1.29 is 34.8 Å². The lowest BCUT2D eigenvalue weighted by atomic mass is 9.93. The molecule has 2 aromatic rings. The van der Waals surface area contributed by atoms with Crippen molar-refractivity contribution in [3.63, 3.8) is 0 Å². The average molecular weight is 302 g/mol. The molecule has 4 N–H and O–H groups in total. The van der Waals surface area contributed by atoms with E-state index in [0.717, 1.165) is 12.1 Å². The van der Waals surface area contributed by atoms with Crippen LogP contribution < -0.4 is 0 Å². The van der Waals surface area contributed by atoms with Gasteiger partial charge in [0.15, 0.2) is 5.78 Å². The highest BCUT2D eigenvalue weighted by Crippen LogP contribution is 2.28. The van der Waals surface area contributed by atoms with Gasteiger partial charge in [0, 0.05) is 5.56 Å². The van der Waals surface area contributed by atoms with Crippen molar-refractivity contribution in [1.82, 2.24) is 0 Å². The van der Waals surface area contributed by atoms with E-state index in [4.69, 9.17) is 5.11 Å². The molecule has 0 aliphatic rings. The maximum absolute atomic E-state index is 12.4. The van der Waals surface area contributed by atoms with Crippen molar-refractivity contribution in [2.75, 3.05) is 0 Å². The Bertz CT molecular complexity index is 792. The third-order valence-electron chi connectivity index (χ3n) is 3.00. The molecule has 0 fully saturated rings. The number of benzene rings is 2. The fraction of sp³-hybridized carbons (Fsp3) is 0. The first kappa shape index (κ1) is 15.0. The van der Waals surface area contributed by atoms with Gasteiger partial charge in [-0.05, 0) is 24.3 Å². The van der Waals surface area contributed by atoms with Crippen LogP contribution in [-0.2, 0) is 0 Å². The van der Waals surface area contributed by atoms with Crippen LogP contribution in [0.15, 0.2) is 36.4 Å². The zero-order valence-corrected chi connectivity index (χ0v) is 11.0. The normalized spacial score (nSPS) is 10.2. The summed E-state index contributed by atoms with van der Waals surface area (Å²) in [6.45, 7) is 0. The number of phenolic OH excluding ortho intramolecular Hbond substituents is 1. The van der Waals surface area contributed by atoms with Gasteiger partial charge in [0.2, 0.25) is 0 Å². The number of hydrogen-bond acceptors (Lipinski definition) is 5. The summed E-state index contributed by atoms with van der Waals surface area (Å²) in [7, 11) is 0. The van der Waals surface area contributed by atoms with Crippen molar-refractivity contribution in [1.29, 1.82) is 0 Å². The summed E-state index contributed by atoms with van der Waals surface area (Å²) in [6.07, 6.45) is 0. The number of carboxylic acids is 2. The van der Waals surface area contributed by atoms with Crippen LogP contribution in [0.5, 0.6) is 11.5 Å². The minimum atomic E-state index is -1.68. The van der Waals surface area contributed by atoms with Crippen molar-refractivity contribution in [2.45, 2.75) is 0 Å². The molecule has 0 radical (unpaired) electrons. The van der Waals surface area contributed by atoms with Gasteiger partial charge in [-0.3, -0.25) is 4.79 Å². The van der Waals surface area contributed by atoms with Gasteiger partial charge in [0.05, 0.1) is 11.1 Å². The second-order valence-corrected chi connectivity index (χ2v) is 4.34. The van der Waals surface area contributed by atoms with E-state index in [2.05, 4.69) is 0 Å². The molecule has 22 heavy (non-hydrogen) atoms. The molecular weight excluding hydrogens is 292 g/mol. The van der Waals surface area contributed by atoms with Gasteiger partial charge in [-0.2, -0.15) is 0 Å². The number of rotatable bonds is 4. The maximum atomic E-state index is 12.4. The summed E-state index contributed by atoms with van der Waals surface area (Å²) in [5, 5.41) is 37.4. The number of aromatic hydroxyl groups is 2. The second-order valence-electron chi connectivity index (χ2n) is 4.34. The smallest absolute Gasteiger partial charge is 0.340 e. The average Bonchev–Trinajstić information content (AvgIpc) is 2.46. The van der Waals surface area contributed by atoms with Crippen molar-refractivity contribution >= 4 is 17.7 Å². The molecular formula is C15H10O7. The number of ketones is 1. The van der Waals surface area contributed by atoms with Crippen molar-refractivity contribution in [3.05, 3.63) is 58.7 Å². The first-order chi connectivity index (χ1) is 10.3. The Kier molecular flexibility index (Phi) is 3.81. The molecule has 0 amide bonds. The third-order valence-corrected chi connectivity index (χ3v) is 3.00. The van der Waals surface area contributed by atoms with Gasteiger partial charge in [-0.1, -0.05) is 12.1 Å². The van der Waals surface area contributed by atoms with Crippen LogP contribution in [0.25, 0.3) is 0 Å². The van der Waals surface area contributed by atoms with Crippen LogP contribution in [-0.4, -0.2) is 38.1 Å². The SMILES string of the molecule is O=C(c1ccccc1O)c1ccc(O)c(C(=O)O)c1C(=O)O. The molecule has 7 heteroatoms. The molecule has 0 saturated heterocycles. The molecule has 0 spiro atoms. The number of aromatic carboxylic acids is 2. The van der Waals surface area contributed by atoms with E-state index in [9.17, 15) is 29.7 Å². The Morgan fingerprint density at radius 3 is 1.82 bits per heavy atom. The number of carbonyl (C=O) groups is 3. The minimum Gasteiger partial charge on any atom is -0.507 e. The molecule has 0 saturated carbocycles. The Hall–Kier alpha value is -3.35. The quantitative estimate of drug-likeness (QED) is 0.632. The molecule has 2 aromatic carbocycles. The lowest BCUT2D eigenvalue weighted by Gasteiger charge is -2.10. The molecule has 0 aliphatic carbocycles. The van der Waals surface area contributed by atoms with E-state index in [0.29, 0.717) is 0 Å². The number of hydrogen-bond donors (Lipinski definition) is 4. The van der Waals surface area contributed by atoms with Crippen LogP contribution in [0, 0.1) is 0 Å². The number of para-hydroxylation sites is 1. The molecule has 0 heterocycles. The fourth-order valence-corrected chi connectivity index (χ4v) is 2.03. The Labute approximate surface area is 123 Å². The summed E-state index contributed by atoms with van der Waals surface area (Å²) in [5.74, 6) is -5.35. The molecule has 0 unspecified atom stereocenters. The summed E-state index contributed by atoms with van der Waals surface area (Å²) in [4.78, 5) is 34.9. The Balaban J connectivity index is 2.74. The van der Waals surface area contributed by atoms with Crippen LogP contribution in [0.3, 0.4) is 0 Å². The fourth-order valence-electron chi connectivity index (χ4n) is 2.03. The van der Waals surface area contributed by atoms with Crippen LogP contribution >= 0.6 is 0 Å². The molecule has 0 atom stereocenters. The van der Waals surface area contributed by atoms with Gasteiger partial charge in [0.1, 0.15) is 17.1 Å². The van der Waals surface area contributed by atoms with Crippen LogP contribution in [0.4, 0.5) is 0 Å². The first-order valence-electron chi connectivity index (χ1n) is 5.99. The lowest BCUT2D eigenvalue weighted by molar-refractivity contribution is 0.0646. The highest BCUT2D eigenvalue weighted by Gasteiger charge is 2.28. The zero-order valence-electron chi connectivity index (χ0n) is 11.0. The van der Waals surface area contributed by atoms with E-state index in [1.807, 2.05) is 0 Å². The maximum Gasteiger partial charge on any atom is 0.340 e. The van der Waals surface area contributed by atoms with Crippen LogP contribution in [0.2, 0.25) is 0 Å². The Morgan fingerprint density at radius 1 is 0.682 bits per heavy atom. The van der Waals surface area contributed by atoms with E-state index in [-0.39, 0.29) is 11.3 Å². The number of phenols is 2. The van der Waals surface area contributed by atoms with Crippen LogP contribution in [0.1, 0.15) is 36.6 Å². The first-order valence-corrected chi connectivity index (χ1v) is 5.99. The summed E-state index contributed by atoms with van der Waals surface area (Å²) in [6, 6.07) is 7.38. The molecule has 112 valence electrons. The third kappa shape index (κ3) is 2.47. The molecule has 0 bridgehead atoms. The number of carboxylic acid groups (broad SMARTS) is 2. The van der Waals surface area contributed by atoms with Crippen molar-refractivity contribution in [3.8, 4) is 11.5 Å². The summed E-state index contributed by atoms with van der Waals surface area (Å²) >= 11 is 0.